The van der Waals surface area contributed by atoms with Crippen LogP contribution in [0.3, 0.4) is 0 Å². The van der Waals surface area contributed by atoms with Crippen LogP contribution in [0.15, 0.2) is 0 Å². The number of carbonyl (C=O) groups excluding carboxylic acids is 1. The average Bonchev–Trinajstić information content (AvgIpc) is 2.33. The van der Waals surface area contributed by atoms with E-state index in [4.69, 9.17) is 4.74 Å². The van der Waals surface area contributed by atoms with Crippen molar-refractivity contribution in [2.75, 3.05) is 32.7 Å². The molecule has 5 nitrogen and oxygen atoms in total. The molecule has 1 aliphatic heterocycles. The van der Waals surface area contributed by atoms with Crippen LogP contribution in [0.1, 0.15) is 40.5 Å². The number of alkyl carbamates (subject to hydrolysis) is 1. The van der Waals surface area contributed by atoms with Gasteiger partial charge in [-0.3, -0.25) is 0 Å². The highest BCUT2D eigenvalue weighted by Crippen LogP contribution is 2.09. The summed E-state index contributed by atoms with van der Waals surface area (Å²) in [5, 5.41) is 6.26. The second kappa shape index (κ2) is 7.70. The van der Waals surface area contributed by atoms with Crippen LogP contribution in [0, 0.1) is 0 Å². The number of hydrogen-bond acceptors (Lipinski definition) is 4. The lowest BCUT2D eigenvalue weighted by atomic mass is 10.1. The lowest BCUT2D eigenvalue weighted by Gasteiger charge is -2.32. The van der Waals surface area contributed by atoms with Crippen molar-refractivity contribution in [1.29, 1.82) is 0 Å². The highest BCUT2D eigenvalue weighted by molar-refractivity contribution is 5.67. The van der Waals surface area contributed by atoms with Crippen molar-refractivity contribution < 1.29 is 9.53 Å². The first-order chi connectivity index (χ1) is 8.90. The number of likely N-dealkylation sites (N-methyl/N-ethyl adjacent to an activating group) is 1. The third-order valence-electron chi connectivity index (χ3n) is 3.18. The molecule has 1 fully saturated rings. The maximum Gasteiger partial charge on any atom is 0.407 e. The van der Waals surface area contributed by atoms with E-state index in [9.17, 15) is 4.79 Å². The normalized spacial score (nSPS) is 21.2. The monoisotopic (exact) mass is 271 g/mol. The topological polar surface area (TPSA) is 53.6 Å². The van der Waals surface area contributed by atoms with E-state index in [-0.39, 0.29) is 6.09 Å². The molecule has 1 unspecified atom stereocenters. The van der Waals surface area contributed by atoms with Crippen LogP contribution >= 0.6 is 0 Å². The molecule has 0 saturated carbocycles. The van der Waals surface area contributed by atoms with Crippen molar-refractivity contribution in [3.8, 4) is 0 Å². The molecular weight excluding hydrogens is 242 g/mol. The van der Waals surface area contributed by atoms with Crippen LogP contribution in [0.2, 0.25) is 0 Å². The summed E-state index contributed by atoms with van der Waals surface area (Å²) < 4.78 is 5.18. The van der Waals surface area contributed by atoms with Crippen LogP contribution in [0.4, 0.5) is 4.79 Å². The zero-order chi connectivity index (χ0) is 14.3. The summed E-state index contributed by atoms with van der Waals surface area (Å²) in [7, 11) is 0. The Hall–Kier alpha value is -0.810. The Morgan fingerprint density at radius 1 is 1.37 bits per heavy atom. The fraction of sp³-hybridized carbons (Fsp3) is 0.929. The second-order valence-corrected chi connectivity index (χ2v) is 6.12. The summed E-state index contributed by atoms with van der Waals surface area (Å²) in [5.41, 5.74) is -0.428. The predicted molar refractivity (Wildman–Crippen MR) is 77.4 cm³/mol. The van der Waals surface area contributed by atoms with Crippen LogP contribution in [0.5, 0.6) is 0 Å². The van der Waals surface area contributed by atoms with Gasteiger partial charge in [0.05, 0.1) is 0 Å². The lowest BCUT2D eigenvalue weighted by Crippen LogP contribution is -2.47. The molecule has 1 aliphatic rings. The Labute approximate surface area is 117 Å². The number of hydrogen-bond donors (Lipinski definition) is 2. The highest BCUT2D eigenvalue weighted by Gasteiger charge is 2.18. The zero-order valence-corrected chi connectivity index (χ0v) is 12.8. The van der Waals surface area contributed by atoms with Crippen molar-refractivity contribution >= 4 is 6.09 Å². The summed E-state index contributed by atoms with van der Waals surface area (Å²) in [6.07, 6.45) is 2.14. The maximum atomic E-state index is 11.4. The molecule has 2 N–H and O–H groups in total. The van der Waals surface area contributed by atoms with Gasteiger partial charge in [-0.2, -0.15) is 0 Å². The molecule has 1 atom stereocenters. The number of piperidine rings is 1. The zero-order valence-electron chi connectivity index (χ0n) is 12.8. The summed E-state index contributed by atoms with van der Waals surface area (Å²) in [4.78, 5) is 13.9. The van der Waals surface area contributed by atoms with Gasteiger partial charge >= 0.3 is 6.09 Å². The van der Waals surface area contributed by atoms with E-state index in [1.165, 1.54) is 19.4 Å². The molecule has 0 aromatic rings. The van der Waals surface area contributed by atoms with Crippen molar-refractivity contribution in [3.63, 3.8) is 0 Å². The molecule has 1 saturated heterocycles. The Kier molecular flexibility index (Phi) is 6.58. The van der Waals surface area contributed by atoms with Gasteiger partial charge in [-0.15, -0.1) is 0 Å². The number of carbonyl (C=O) groups is 1. The minimum Gasteiger partial charge on any atom is -0.444 e. The largest absolute Gasteiger partial charge is 0.444 e. The van der Waals surface area contributed by atoms with E-state index in [2.05, 4.69) is 22.5 Å². The molecule has 0 bridgehead atoms. The van der Waals surface area contributed by atoms with E-state index in [1.54, 1.807) is 0 Å². The van der Waals surface area contributed by atoms with Gasteiger partial charge in [-0.05, 0) is 46.7 Å². The number of nitrogens with zero attached hydrogens (tertiary/aromatic N) is 1. The molecule has 1 rings (SSSR count). The molecular formula is C14H29N3O2. The first kappa shape index (κ1) is 16.2. The molecule has 0 aliphatic carbocycles. The van der Waals surface area contributed by atoms with Gasteiger partial charge in [-0.1, -0.05) is 6.92 Å². The predicted octanol–water partition coefficient (Wildman–Crippen LogP) is 1.58. The minimum atomic E-state index is -0.428. The van der Waals surface area contributed by atoms with Crippen molar-refractivity contribution in [2.24, 2.45) is 0 Å². The standard InChI is InChI=1S/C14H29N3O2/c1-5-17-10-6-7-12(11-17)15-8-9-16-13(18)19-14(2,3)4/h12,15H,5-11H2,1-4H3,(H,16,18). The Balaban J connectivity index is 2.09. The van der Waals surface area contributed by atoms with Crippen LogP contribution in [-0.2, 0) is 4.74 Å². The van der Waals surface area contributed by atoms with Gasteiger partial charge in [0.1, 0.15) is 5.60 Å². The second-order valence-electron chi connectivity index (χ2n) is 6.12. The Morgan fingerprint density at radius 3 is 2.74 bits per heavy atom. The summed E-state index contributed by atoms with van der Waals surface area (Å²) in [6, 6.07) is 0.550. The van der Waals surface area contributed by atoms with E-state index >= 15 is 0 Å². The third-order valence-corrected chi connectivity index (χ3v) is 3.18. The fourth-order valence-corrected chi connectivity index (χ4v) is 2.26. The molecule has 1 heterocycles. The van der Waals surface area contributed by atoms with Gasteiger partial charge in [0.2, 0.25) is 0 Å². The van der Waals surface area contributed by atoms with Gasteiger partial charge < -0.3 is 20.3 Å². The first-order valence-electron chi connectivity index (χ1n) is 7.33. The fourth-order valence-electron chi connectivity index (χ4n) is 2.26. The molecule has 19 heavy (non-hydrogen) atoms. The maximum absolute atomic E-state index is 11.4. The molecule has 0 aromatic heterocycles. The van der Waals surface area contributed by atoms with Crippen molar-refractivity contribution in [3.05, 3.63) is 0 Å². The molecule has 0 aromatic carbocycles. The average molecular weight is 271 g/mol. The number of nitrogens with one attached hydrogen (secondary N) is 2. The van der Waals surface area contributed by atoms with Crippen LogP contribution in [0.25, 0.3) is 0 Å². The molecule has 112 valence electrons. The summed E-state index contributed by atoms with van der Waals surface area (Å²) in [5.74, 6) is 0. The van der Waals surface area contributed by atoms with E-state index in [1.807, 2.05) is 20.8 Å². The van der Waals surface area contributed by atoms with Gasteiger partial charge in [0, 0.05) is 25.7 Å². The lowest BCUT2D eigenvalue weighted by molar-refractivity contribution is 0.0527. The van der Waals surface area contributed by atoms with Gasteiger partial charge in [0.25, 0.3) is 0 Å². The number of amides is 1. The third kappa shape index (κ3) is 7.38. The molecule has 0 spiro atoms. The van der Waals surface area contributed by atoms with Crippen molar-refractivity contribution in [2.45, 2.75) is 52.2 Å². The van der Waals surface area contributed by atoms with Crippen LogP contribution in [-0.4, -0.2) is 55.4 Å². The SMILES string of the molecule is CCN1CCCC(NCCNC(=O)OC(C)(C)C)C1. The summed E-state index contributed by atoms with van der Waals surface area (Å²) in [6.45, 7) is 12.7. The van der Waals surface area contributed by atoms with Crippen molar-refractivity contribution in [1.82, 2.24) is 15.5 Å². The van der Waals surface area contributed by atoms with Gasteiger partial charge in [0.15, 0.2) is 0 Å². The first-order valence-corrected chi connectivity index (χ1v) is 7.33. The van der Waals surface area contributed by atoms with Crippen LogP contribution < -0.4 is 10.6 Å². The van der Waals surface area contributed by atoms with E-state index in [0.29, 0.717) is 12.6 Å². The number of likely N-dealkylation sites (tertiary alicyclic amines) is 1. The molecule has 0 radical (unpaired) electrons. The Bertz CT molecular complexity index is 276. The minimum absolute atomic E-state index is 0.340. The smallest absolute Gasteiger partial charge is 0.407 e. The number of rotatable bonds is 5. The van der Waals surface area contributed by atoms with E-state index < -0.39 is 5.60 Å². The van der Waals surface area contributed by atoms with Gasteiger partial charge in [-0.25, -0.2) is 4.79 Å². The molecule has 5 heteroatoms. The quantitative estimate of drug-likeness (QED) is 0.746. The number of ether oxygens (including phenoxy) is 1. The highest BCUT2D eigenvalue weighted by atomic mass is 16.6. The Morgan fingerprint density at radius 2 is 2.11 bits per heavy atom. The molecule has 1 amide bonds. The van der Waals surface area contributed by atoms with E-state index in [0.717, 1.165) is 19.6 Å². The summed E-state index contributed by atoms with van der Waals surface area (Å²) >= 11 is 0.